The molecule has 2 nitrogen and oxygen atoms in total. The molecule has 0 atom stereocenters. The van der Waals surface area contributed by atoms with Gasteiger partial charge in [-0.2, -0.15) is 0 Å². The number of hydrogen-bond acceptors (Lipinski definition) is 2. The maximum Gasteiger partial charge on any atom is 0.0715 e. The third kappa shape index (κ3) is 2.64. The van der Waals surface area contributed by atoms with Crippen molar-refractivity contribution in [2.24, 2.45) is 0 Å². The summed E-state index contributed by atoms with van der Waals surface area (Å²) in [4.78, 5) is 7.28. The lowest BCUT2D eigenvalue weighted by atomic mass is 9.94. The zero-order valence-corrected chi connectivity index (χ0v) is 14.7. The van der Waals surface area contributed by atoms with Crippen molar-refractivity contribution in [1.82, 2.24) is 4.98 Å². The van der Waals surface area contributed by atoms with Gasteiger partial charge in [0.2, 0.25) is 0 Å². The first-order chi connectivity index (χ1) is 12.3. The molecule has 0 aliphatic heterocycles. The average molecular weight is 326 g/mol. The third-order valence-electron chi connectivity index (χ3n) is 4.87. The molecule has 0 unspecified atom stereocenters. The topological polar surface area (TPSA) is 16.1 Å². The fourth-order valence-corrected chi connectivity index (χ4v) is 3.66. The lowest BCUT2D eigenvalue weighted by Gasteiger charge is -2.25. The monoisotopic (exact) mass is 326 g/mol. The number of benzene rings is 3. The van der Waals surface area contributed by atoms with E-state index in [1.807, 2.05) is 0 Å². The summed E-state index contributed by atoms with van der Waals surface area (Å²) in [7, 11) is 0. The number of pyridine rings is 1. The summed E-state index contributed by atoms with van der Waals surface area (Å²) in [5.74, 6) is 0. The average Bonchev–Trinajstić information content (AvgIpc) is 2.67. The van der Waals surface area contributed by atoms with Crippen LogP contribution in [-0.4, -0.2) is 18.1 Å². The van der Waals surface area contributed by atoms with Crippen LogP contribution >= 0.6 is 0 Å². The Balaban J connectivity index is 2.13. The number of fused-ring (bicyclic) bond motifs is 2. The van der Waals surface area contributed by atoms with Crippen LogP contribution in [0.4, 0.5) is 5.69 Å². The molecule has 4 aromatic rings. The van der Waals surface area contributed by atoms with Crippen LogP contribution < -0.4 is 4.90 Å². The van der Waals surface area contributed by atoms with Crippen molar-refractivity contribution in [1.29, 1.82) is 0 Å². The summed E-state index contributed by atoms with van der Waals surface area (Å²) >= 11 is 0. The smallest absolute Gasteiger partial charge is 0.0715 e. The fraction of sp³-hybridized carbons (Fsp3) is 0.174. The Bertz CT molecular complexity index is 978. The van der Waals surface area contributed by atoms with Crippen molar-refractivity contribution in [3.63, 3.8) is 0 Å². The first kappa shape index (κ1) is 15.6. The van der Waals surface area contributed by atoms with Gasteiger partial charge in [-0.25, -0.2) is 4.98 Å². The third-order valence-corrected chi connectivity index (χ3v) is 4.87. The molecule has 0 amide bonds. The molecule has 3 aromatic carbocycles. The molecule has 0 bridgehead atoms. The minimum atomic E-state index is 0.995. The minimum absolute atomic E-state index is 0.995. The van der Waals surface area contributed by atoms with E-state index < -0.39 is 0 Å². The van der Waals surface area contributed by atoms with Crippen molar-refractivity contribution in [2.75, 3.05) is 18.0 Å². The summed E-state index contributed by atoms with van der Waals surface area (Å²) < 4.78 is 0. The van der Waals surface area contributed by atoms with Crippen molar-refractivity contribution >= 4 is 27.5 Å². The van der Waals surface area contributed by atoms with Crippen molar-refractivity contribution in [3.8, 4) is 11.1 Å². The summed E-state index contributed by atoms with van der Waals surface area (Å²) in [6.07, 6.45) is 0. The van der Waals surface area contributed by atoms with Crippen LogP contribution in [0.2, 0.25) is 0 Å². The fourth-order valence-electron chi connectivity index (χ4n) is 3.66. The maximum absolute atomic E-state index is 4.87. The summed E-state index contributed by atoms with van der Waals surface area (Å²) in [6, 6.07) is 25.6. The second-order valence-electron chi connectivity index (χ2n) is 6.21. The lowest BCUT2D eigenvalue weighted by molar-refractivity contribution is 0.867. The zero-order valence-electron chi connectivity index (χ0n) is 14.7. The number of nitrogens with zero attached hydrogens (tertiary/aromatic N) is 2. The quantitative estimate of drug-likeness (QED) is 0.434. The van der Waals surface area contributed by atoms with Gasteiger partial charge in [-0.15, -0.1) is 0 Å². The van der Waals surface area contributed by atoms with Gasteiger partial charge in [0.1, 0.15) is 0 Å². The number of anilines is 1. The maximum atomic E-state index is 4.87. The van der Waals surface area contributed by atoms with E-state index in [0.717, 1.165) is 24.1 Å². The first-order valence-electron chi connectivity index (χ1n) is 8.95. The Morgan fingerprint density at radius 1 is 0.680 bits per heavy atom. The van der Waals surface area contributed by atoms with Crippen LogP contribution in [-0.2, 0) is 0 Å². The number of rotatable bonds is 4. The first-order valence-corrected chi connectivity index (χ1v) is 8.95. The van der Waals surface area contributed by atoms with Gasteiger partial charge in [0.25, 0.3) is 0 Å². The van der Waals surface area contributed by atoms with E-state index >= 15 is 0 Å². The molecule has 0 spiro atoms. The molecule has 124 valence electrons. The Morgan fingerprint density at radius 2 is 1.20 bits per heavy atom. The molecule has 0 fully saturated rings. The molecular formula is C23H22N2. The molecule has 0 saturated carbocycles. The van der Waals surface area contributed by atoms with E-state index in [2.05, 4.69) is 91.5 Å². The van der Waals surface area contributed by atoms with Crippen molar-refractivity contribution < 1.29 is 0 Å². The van der Waals surface area contributed by atoms with Crippen molar-refractivity contribution in [2.45, 2.75) is 13.8 Å². The Kier molecular flexibility index (Phi) is 4.10. The van der Waals surface area contributed by atoms with Crippen LogP contribution in [0.15, 0.2) is 72.8 Å². The summed E-state index contributed by atoms with van der Waals surface area (Å²) in [5, 5.41) is 2.42. The highest BCUT2D eigenvalue weighted by atomic mass is 15.1. The molecule has 25 heavy (non-hydrogen) atoms. The Morgan fingerprint density at radius 3 is 1.80 bits per heavy atom. The SMILES string of the molecule is CCN(CC)c1ccccc1-c1c2ccccc2nc2ccccc12. The van der Waals surface area contributed by atoms with Gasteiger partial charge in [-0.05, 0) is 32.0 Å². The number of para-hydroxylation sites is 3. The highest BCUT2D eigenvalue weighted by molar-refractivity contribution is 6.11. The Hall–Kier alpha value is -2.87. The zero-order chi connectivity index (χ0) is 17.2. The molecule has 0 radical (unpaired) electrons. The molecule has 1 heterocycles. The van der Waals surface area contributed by atoms with Crippen molar-refractivity contribution in [3.05, 3.63) is 72.8 Å². The van der Waals surface area contributed by atoms with Crippen LogP contribution in [0.25, 0.3) is 32.9 Å². The highest BCUT2D eigenvalue weighted by Crippen LogP contribution is 2.39. The lowest BCUT2D eigenvalue weighted by Crippen LogP contribution is -2.22. The standard InChI is InChI=1S/C23H22N2/c1-3-25(4-2)22-16-10-7-13-19(22)23-17-11-5-8-14-20(17)24-21-15-9-6-12-18(21)23/h5-16H,3-4H2,1-2H3. The van der Waals surface area contributed by atoms with E-state index in [1.54, 1.807) is 0 Å². The van der Waals surface area contributed by atoms with Gasteiger partial charge in [-0.3, -0.25) is 0 Å². The van der Waals surface area contributed by atoms with E-state index in [9.17, 15) is 0 Å². The number of hydrogen-bond donors (Lipinski definition) is 0. The molecule has 0 N–H and O–H groups in total. The van der Waals surface area contributed by atoms with Gasteiger partial charge < -0.3 is 4.90 Å². The van der Waals surface area contributed by atoms with Gasteiger partial charge >= 0.3 is 0 Å². The van der Waals surface area contributed by atoms with Gasteiger partial charge in [0, 0.05) is 40.7 Å². The normalized spacial score (nSPS) is 11.1. The van der Waals surface area contributed by atoms with Crippen LogP contribution in [0.1, 0.15) is 13.8 Å². The van der Waals surface area contributed by atoms with Gasteiger partial charge in [-0.1, -0.05) is 54.6 Å². The summed E-state index contributed by atoms with van der Waals surface area (Å²) in [6.45, 7) is 6.41. The van der Waals surface area contributed by atoms with Crippen LogP contribution in [0.3, 0.4) is 0 Å². The van der Waals surface area contributed by atoms with E-state index in [-0.39, 0.29) is 0 Å². The predicted molar refractivity (Wildman–Crippen MR) is 108 cm³/mol. The largest absolute Gasteiger partial charge is 0.372 e. The highest BCUT2D eigenvalue weighted by Gasteiger charge is 2.15. The van der Waals surface area contributed by atoms with Crippen LogP contribution in [0.5, 0.6) is 0 Å². The molecule has 2 heteroatoms. The van der Waals surface area contributed by atoms with E-state index in [0.29, 0.717) is 0 Å². The second-order valence-corrected chi connectivity index (χ2v) is 6.21. The molecule has 0 aliphatic rings. The molecule has 4 rings (SSSR count). The Labute approximate surface area is 148 Å². The predicted octanol–water partition coefficient (Wildman–Crippen LogP) is 5.90. The molecular weight excluding hydrogens is 304 g/mol. The van der Waals surface area contributed by atoms with E-state index in [1.165, 1.54) is 27.6 Å². The number of aromatic nitrogens is 1. The molecule has 0 saturated heterocycles. The minimum Gasteiger partial charge on any atom is -0.372 e. The summed E-state index contributed by atoms with van der Waals surface area (Å²) in [5.41, 5.74) is 5.94. The van der Waals surface area contributed by atoms with Gasteiger partial charge in [0.15, 0.2) is 0 Å². The molecule has 1 aromatic heterocycles. The second kappa shape index (κ2) is 6.56. The van der Waals surface area contributed by atoms with Gasteiger partial charge in [0.05, 0.1) is 11.0 Å². The van der Waals surface area contributed by atoms with Crippen LogP contribution in [0, 0.1) is 0 Å². The van der Waals surface area contributed by atoms with E-state index in [4.69, 9.17) is 4.98 Å². The molecule has 0 aliphatic carbocycles.